The van der Waals surface area contributed by atoms with Gasteiger partial charge in [0.1, 0.15) is 0 Å². The topological polar surface area (TPSA) is 68.5 Å². The summed E-state index contributed by atoms with van der Waals surface area (Å²) in [6.45, 7) is -0.747. The number of furan rings is 1. The number of esters is 1. The number of amides is 1. The number of halogens is 4. The summed E-state index contributed by atoms with van der Waals surface area (Å²) >= 11 is 2.99. The Morgan fingerprint density at radius 2 is 1.87 bits per heavy atom. The summed E-state index contributed by atoms with van der Waals surface area (Å²) in [6.07, 6.45) is -4.61. The van der Waals surface area contributed by atoms with Gasteiger partial charge in [0.25, 0.3) is 5.91 Å². The van der Waals surface area contributed by atoms with Crippen LogP contribution in [0.3, 0.4) is 0 Å². The van der Waals surface area contributed by atoms with Crippen LogP contribution < -0.4 is 5.32 Å². The molecule has 0 aliphatic carbocycles. The SMILES string of the molecule is O=C(COC(=O)c1ccc(Br)o1)Nc1ccccc1C(F)(F)F. The number of benzene rings is 1. The molecule has 0 unspecified atom stereocenters. The highest BCUT2D eigenvalue weighted by Gasteiger charge is 2.33. The van der Waals surface area contributed by atoms with Crippen molar-refractivity contribution in [2.24, 2.45) is 0 Å². The van der Waals surface area contributed by atoms with Crippen LogP contribution in [0.25, 0.3) is 0 Å². The van der Waals surface area contributed by atoms with E-state index in [9.17, 15) is 22.8 Å². The highest BCUT2D eigenvalue weighted by Crippen LogP contribution is 2.34. The molecule has 0 saturated carbocycles. The lowest BCUT2D eigenvalue weighted by Crippen LogP contribution is -2.22. The van der Waals surface area contributed by atoms with Gasteiger partial charge < -0.3 is 14.5 Å². The minimum Gasteiger partial charge on any atom is -0.450 e. The first-order valence-corrected chi connectivity index (χ1v) is 6.95. The second kappa shape index (κ2) is 6.86. The van der Waals surface area contributed by atoms with E-state index in [1.54, 1.807) is 0 Å². The van der Waals surface area contributed by atoms with Crippen molar-refractivity contribution in [3.8, 4) is 0 Å². The first-order valence-electron chi connectivity index (χ1n) is 6.16. The van der Waals surface area contributed by atoms with E-state index in [1.807, 2.05) is 0 Å². The maximum Gasteiger partial charge on any atom is 0.418 e. The van der Waals surface area contributed by atoms with Gasteiger partial charge in [0.15, 0.2) is 11.3 Å². The summed E-state index contributed by atoms with van der Waals surface area (Å²) in [7, 11) is 0. The first-order chi connectivity index (χ1) is 10.8. The predicted octanol–water partition coefficient (Wildman–Crippen LogP) is 3.86. The van der Waals surface area contributed by atoms with Crippen LogP contribution in [-0.4, -0.2) is 18.5 Å². The second-order valence-corrected chi connectivity index (χ2v) is 5.05. The van der Waals surface area contributed by atoms with Crippen molar-refractivity contribution < 1.29 is 31.9 Å². The van der Waals surface area contributed by atoms with Crippen LogP contribution in [0, 0.1) is 0 Å². The molecule has 1 N–H and O–H groups in total. The van der Waals surface area contributed by atoms with Gasteiger partial charge in [0, 0.05) is 0 Å². The summed E-state index contributed by atoms with van der Waals surface area (Å²) in [4.78, 5) is 23.2. The largest absolute Gasteiger partial charge is 0.450 e. The molecule has 2 aromatic rings. The normalized spacial score (nSPS) is 11.1. The Morgan fingerprint density at radius 1 is 1.17 bits per heavy atom. The van der Waals surface area contributed by atoms with Crippen molar-refractivity contribution in [1.29, 1.82) is 0 Å². The molecule has 0 aliphatic heterocycles. The minimum absolute atomic E-state index is 0.139. The lowest BCUT2D eigenvalue weighted by molar-refractivity contribution is -0.137. The first kappa shape index (κ1) is 17.1. The van der Waals surface area contributed by atoms with E-state index in [-0.39, 0.29) is 5.76 Å². The number of nitrogens with one attached hydrogen (secondary N) is 1. The molecule has 122 valence electrons. The van der Waals surface area contributed by atoms with Gasteiger partial charge in [-0.3, -0.25) is 4.79 Å². The Hall–Kier alpha value is -2.29. The van der Waals surface area contributed by atoms with Crippen LogP contribution in [0.4, 0.5) is 18.9 Å². The van der Waals surface area contributed by atoms with E-state index >= 15 is 0 Å². The standard InChI is InChI=1S/C14H9BrF3NO4/c15-11-6-5-10(23-11)13(21)22-7-12(20)19-9-4-2-1-3-8(9)14(16,17)18/h1-6H,7H2,(H,19,20). The second-order valence-electron chi connectivity index (χ2n) is 4.27. The number of hydrogen-bond donors (Lipinski definition) is 1. The van der Waals surface area contributed by atoms with E-state index in [2.05, 4.69) is 26.0 Å². The van der Waals surface area contributed by atoms with Crippen LogP contribution >= 0.6 is 15.9 Å². The molecular formula is C14H9BrF3NO4. The molecule has 0 atom stereocenters. The maximum atomic E-state index is 12.8. The molecule has 1 amide bonds. The Morgan fingerprint density at radius 3 is 2.48 bits per heavy atom. The average Bonchev–Trinajstić information content (AvgIpc) is 2.91. The van der Waals surface area contributed by atoms with Crippen molar-refractivity contribution >= 4 is 33.5 Å². The zero-order chi connectivity index (χ0) is 17.0. The van der Waals surface area contributed by atoms with Gasteiger partial charge in [-0.2, -0.15) is 13.2 Å². The monoisotopic (exact) mass is 391 g/mol. The molecule has 5 nitrogen and oxygen atoms in total. The van der Waals surface area contributed by atoms with Crippen LogP contribution in [0.5, 0.6) is 0 Å². The van der Waals surface area contributed by atoms with Crippen LogP contribution in [0.2, 0.25) is 0 Å². The van der Waals surface area contributed by atoms with E-state index < -0.39 is 35.9 Å². The molecule has 1 aromatic carbocycles. The summed E-state index contributed by atoms with van der Waals surface area (Å²) in [5.41, 5.74) is -1.41. The van der Waals surface area contributed by atoms with Crippen LogP contribution in [0.15, 0.2) is 45.5 Å². The van der Waals surface area contributed by atoms with Gasteiger partial charge in [0.05, 0.1) is 11.3 Å². The van der Waals surface area contributed by atoms with Crippen LogP contribution in [-0.2, 0) is 15.7 Å². The zero-order valence-corrected chi connectivity index (χ0v) is 12.9. The van der Waals surface area contributed by atoms with Gasteiger partial charge >= 0.3 is 12.1 Å². The summed E-state index contributed by atoms with van der Waals surface area (Å²) in [6, 6.07) is 7.26. The molecule has 0 bridgehead atoms. The predicted molar refractivity (Wildman–Crippen MR) is 76.8 cm³/mol. The smallest absolute Gasteiger partial charge is 0.418 e. The Labute approximate surface area is 136 Å². The molecule has 1 heterocycles. The van der Waals surface area contributed by atoms with E-state index in [4.69, 9.17) is 4.42 Å². The molecule has 0 radical (unpaired) electrons. The average molecular weight is 392 g/mol. The van der Waals surface area contributed by atoms with Crippen molar-refractivity contribution in [3.05, 3.63) is 52.4 Å². The Bertz CT molecular complexity index is 727. The van der Waals surface area contributed by atoms with E-state index in [0.29, 0.717) is 4.67 Å². The molecule has 9 heteroatoms. The van der Waals surface area contributed by atoms with Crippen LogP contribution in [0.1, 0.15) is 16.1 Å². The zero-order valence-electron chi connectivity index (χ0n) is 11.3. The summed E-state index contributed by atoms with van der Waals surface area (Å²) in [5, 5.41) is 2.05. The molecule has 0 fully saturated rings. The lowest BCUT2D eigenvalue weighted by Gasteiger charge is -2.13. The molecule has 0 spiro atoms. The fourth-order valence-electron chi connectivity index (χ4n) is 1.65. The van der Waals surface area contributed by atoms with Gasteiger partial charge in [-0.15, -0.1) is 0 Å². The highest BCUT2D eigenvalue weighted by atomic mass is 79.9. The minimum atomic E-state index is -4.61. The summed E-state index contributed by atoms with van der Waals surface area (Å²) in [5.74, 6) is -1.95. The van der Waals surface area contributed by atoms with Gasteiger partial charge in [0.2, 0.25) is 5.76 Å². The number of anilines is 1. The number of carbonyl (C=O) groups is 2. The lowest BCUT2D eigenvalue weighted by atomic mass is 10.1. The van der Waals surface area contributed by atoms with Crippen molar-refractivity contribution in [1.82, 2.24) is 0 Å². The fraction of sp³-hybridized carbons (Fsp3) is 0.143. The van der Waals surface area contributed by atoms with Crippen molar-refractivity contribution in [2.45, 2.75) is 6.18 Å². The molecule has 1 aromatic heterocycles. The van der Waals surface area contributed by atoms with Crippen molar-refractivity contribution in [3.63, 3.8) is 0 Å². The number of alkyl halides is 3. The molecular weight excluding hydrogens is 383 g/mol. The molecule has 23 heavy (non-hydrogen) atoms. The molecule has 2 rings (SSSR count). The number of carbonyl (C=O) groups excluding carboxylic acids is 2. The Balaban J connectivity index is 1.97. The van der Waals surface area contributed by atoms with Gasteiger partial charge in [-0.05, 0) is 40.2 Å². The number of hydrogen-bond acceptors (Lipinski definition) is 4. The molecule has 0 saturated heterocycles. The van der Waals surface area contributed by atoms with Gasteiger partial charge in [-0.25, -0.2) is 4.79 Å². The fourth-order valence-corrected chi connectivity index (χ4v) is 1.96. The van der Waals surface area contributed by atoms with E-state index in [1.165, 1.54) is 24.3 Å². The number of rotatable bonds is 4. The highest BCUT2D eigenvalue weighted by molar-refractivity contribution is 9.10. The summed E-state index contributed by atoms with van der Waals surface area (Å²) < 4.78 is 48.2. The van der Waals surface area contributed by atoms with E-state index in [0.717, 1.165) is 12.1 Å². The third kappa shape index (κ3) is 4.59. The third-order valence-electron chi connectivity index (χ3n) is 2.62. The van der Waals surface area contributed by atoms with Crippen molar-refractivity contribution in [2.75, 3.05) is 11.9 Å². The van der Waals surface area contributed by atoms with Gasteiger partial charge in [-0.1, -0.05) is 12.1 Å². The maximum absolute atomic E-state index is 12.8. The quantitative estimate of drug-likeness (QED) is 0.803. The number of ether oxygens (including phenoxy) is 1. The number of para-hydroxylation sites is 1. The Kier molecular flexibility index (Phi) is 5.09. The third-order valence-corrected chi connectivity index (χ3v) is 3.04. The molecule has 0 aliphatic rings.